The summed E-state index contributed by atoms with van der Waals surface area (Å²) in [5.74, 6) is 2.24. The molecule has 0 aromatic heterocycles. The fraction of sp³-hybridized carbons (Fsp3) is 0.350. The number of methoxy groups -OCH3 is 1. The molecule has 144 valence electrons. The minimum absolute atomic E-state index is 0.0336. The van der Waals surface area contributed by atoms with Crippen molar-refractivity contribution in [3.63, 3.8) is 0 Å². The Balaban J connectivity index is 1.62. The summed E-state index contributed by atoms with van der Waals surface area (Å²) in [6.45, 7) is 0.0336. The van der Waals surface area contributed by atoms with Gasteiger partial charge in [0.05, 0.1) is 25.2 Å². The molecule has 0 N–H and O–H groups in total. The van der Waals surface area contributed by atoms with E-state index < -0.39 is 0 Å². The number of rotatable bonds is 5. The lowest BCUT2D eigenvalue weighted by molar-refractivity contribution is -0.140. The van der Waals surface area contributed by atoms with Gasteiger partial charge in [-0.2, -0.15) is 10.1 Å². The van der Waals surface area contributed by atoms with Crippen LogP contribution in [0.15, 0.2) is 27.8 Å². The van der Waals surface area contributed by atoms with Crippen LogP contribution in [0.4, 0.5) is 0 Å². The van der Waals surface area contributed by atoms with Crippen molar-refractivity contribution in [2.45, 2.75) is 6.42 Å². The maximum Gasteiger partial charge on any atom is 0.254 e. The number of terminal acetylenes is 1. The Kier molecular flexibility index (Phi) is 4.94. The van der Waals surface area contributed by atoms with Gasteiger partial charge in [-0.1, -0.05) is 29.7 Å². The summed E-state index contributed by atoms with van der Waals surface area (Å²) < 4.78 is 11.2. The zero-order valence-corrected chi connectivity index (χ0v) is 17.2. The van der Waals surface area contributed by atoms with Crippen LogP contribution in [0.25, 0.3) is 0 Å². The minimum Gasteiger partial charge on any atom is -0.493 e. The molecule has 28 heavy (non-hydrogen) atoms. The Labute approximate surface area is 175 Å². The summed E-state index contributed by atoms with van der Waals surface area (Å²) in [4.78, 5) is 25.4. The summed E-state index contributed by atoms with van der Waals surface area (Å²) in [5, 5.41) is 5.41. The predicted octanol–water partition coefficient (Wildman–Crippen LogP) is 3.26. The molecule has 0 spiro atoms. The summed E-state index contributed by atoms with van der Waals surface area (Å²) in [7, 11) is 1.47. The molecule has 1 saturated carbocycles. The summed E-state index contributed by atoms with van der Waals surface area (Å²) in [5.41, 5.74) is 0.536. The van der Waals surface area contributed by atoms with Crippen molar-refractivity contribution in [3.8, 4) is 23.8 Å². The molecule has 2 fully saturated rings. The van der Waals surface area contributed by atoms with Crippen LogP contribution in [0.3, 0.4) is 0 Å². The van der Waals surface area contributed by atoms with E-state index in [-0.39, 0.29) is 47.1 Å². The van der Waals surface area contributed by atoms with Crippen molar-refractivity contribution in [1.82, 2.24) is 5.01 Å². The van der Waals surface area contributed by atoms with Gasteiger partial charge >= 0.3 is 0 Å². The first-order valence-electron chi connectivity index (χ1n) is 8.70. The number of fused-ring (bicyclic) bond motifs is 5. The number of hydrazone groups is 1. The van der Waals surface area contributed by atoms with Gasteiger partial charge in [0, 0.05) is 10.0 Å². The molecule has 1 saturated heterocycles. The van der Waals surface area contributed by atoms with Gasteiger partial charge in [-0.25, -0.2) is 0 Å². The lowest BCUT2D eigenvalue weighted by Gasteiger charge is -2.14. The molecule has 1 heterocycles. The van der Waals surface area contributed by atoms with E-state index in [2.05, 4.69) is 27.0 Å². The lowest BCUT2D eigenvalue weighted by Crippen LogP contribution is -2.28. The van der Waals surface area contributed by atoms with Crippen molar-refractivity contribution in [3.05, 3.63) is 33.3 Å². The molecule has 4 rings (SSSR count). The molecule has 1 aromatic rings. The van der Waals surface area contributed by atoms with E-state index in [1.165, 1.54) is 13.3 Å². The third-order valence-corrected chi connectivity index (χ3v) is 6.88. The van der Waals surface area contributed by atoms with Crippen molar-refractivity contribution < 1.29 is 19.1 Å². The zero-order valence-electron chi connectivity index (χ0n) is 14.9. The first kappa shape index (κ1) is 19.0. The van der Waals surface area contributed by atoms with E-state index in [0.717, 1.165) is 11.4 Å². The minimum atomic E-state index is -0.291. The SMILES string of the molecule is C#CCOc1c(OC)cc(C=NN2C(=O)[C@@H]3[C@H](C2=O)[C@H]2C=C[C@H]3C2)c(Br)c1Cl. The van der Waals surface area contributed by atoms with Gasteiger partial charge < -0.3 is 9.47 Å². The largest absolute Gasteiger partial charge is 0.493 e. The summed E-state index contributed by atoms with van der Waals surface area (Å²) in [6.07, 6.45) is 11.6. The van der Waals surface area contributed by atoms with Crippen molar-refractivity contribution in [2.75, 3.05) is 13.7 Å². The van der Waals surface area contributed by atoms with Crippen LogP contribution in [0.1, 0.15) is 12.0 Å². The quantitative estimate of drug-likeness (QED) is 0.291. The maximum absolute atomic E-state index is 12.7. The monoisotopic (exact) mass is 462 g/mol. The van der Waals surface area contributed by atoms with Gasteiger partial charge in [0.15, 0.2) is 11.5 Å². The highest BCUT2D eigenvalue weighted by Crippen LogP contribution is 2.52. The van der Waals surface area contributed by atoms with Crippen LogP contribution in [0, 0.1) is 36.0 Å². The number of benzene rings is 1. The predicted molar refractivity (Wildman–Crippen MR) is 107 cm³/mol. The standard InChI is InChI=1S/C20H16BrClN2O4/c1-3-6-28-18-13(27-2)8-12(16(21)17(18)22)9-23-24-19(25)14-10-4-5-11(7-10)15(14)20(24)26/h1,4-5,8-11,14-15H,6-7H2,2H3/t10-,11-,14-,15+/m0/s1. The number of allylic oxidation sites excluding steroid dienone is 2. The highest BCUT2D eigenvalue weighted by atomic mass is 79.9. The van der Waals surface area contributed by atoms with E-state index in [1.807, 2.05) is 12.2 Å². The van der Waals surface area contributed by atoms with Gasteiger partial charge in [0.2, 0.25) is 0 Å². The van der Waals surface area contributed by atoms with Crippen LogP contribution < -0.4 is 9.47 Å². The van der Waals surface area contributed by atoms with E-state index in [9.17, 15) is 9.59 Å². The van der Waals surface area contributed by atoms with Crippen LogP contribution in [0.2, 0.25) is 5.02 Å². The molecular formula is C20H16BrClN2O4. The van der Waals surface area contributed by atoms with E-state index in [1.54, 1.807) is 6.07 Å². The number of hydrogen-bond donors (Lipinski definition) is 0. The van der Waals surface area contributed by atoms with Crippen LogP contribution in [-0.2, 0) is 9.59 Å². The number of carbonyl (C=O) groups excluding carboxylic acids is 2. The Hall–Kier alpha value is -2.30. The molecule has 6 nitrogen and oxygen atoms in total. The smallest absolute Gasteiger partial charge is 0.254 e. The Morgan fingerprint density at radius 2 is 2.00 bits per heavy atom. The fourth-order valence-corrected chi connectivity index (χ4v) is 4.87. The topological polar surface area (TPSA) is 68.2 Å². The second-order valence-electron chi connectivity index (χ2n) is 6.85. The van der Waals surface area contributed by atoms with Gasteiger partial charge in [0.1, 0.15) is 11.6 Å². The number of carbonyl (C=O) groups is 2. The normalized spacial score (nSPS) is 27.6. The average Bonchev–Trinajstić information content (AvgIpc) is 3.37. The van der Waals surface area contributed by atoms with E-state index in [0.29, 0.717) is 21.5 Å². The molecule has 1 aromatic carbocycles. The third kappa shape index (κ3) is 2.83. The lowest BCUT2D eigenvalue weighted by atomic mass is 9.85. The van der Waals surface area contributed by atoms with Crippen molar-refractivity contribution in [2.24, 2.45) is 28.8 Å². The van der Waals surface area contributed by atoms with Crippen LogP contribution in [0.5, 0.6) is 11.5 Å². The number of hydrogen-bond acceptors (Lipinski definition) is 5. The molecule has 0 unspecified atom stereocenters. The van der Waals surface area contributed by atoms with Gasteiger partial charge in [0.25, 0.3) is 11.8 Å². The highest BCUT2D eigenvalue weighted by Gasteiger charge is 2.59. The van der Waals surface area contributed by atoms with E-state index in [4.69, 9.17) is 27.5 Å². The molecule has 2 aliphatic carbocycles. The van der Waals surface area contributed by atoms with Crippen LogP contribution in [-0.4, -0.2) is 36.8 Å². The molecule has 0 radical (unpaired) electrons. The Morgan fingerprint density at radius 1 is 1.36 bits per heavy atom. The summed E-state index contributed by atoms with van der Waals surface area (Å²) >= 11 is 9.75. The number of nitrogens with zero attached hydrogens (tertiary/aromatic N) is 2. The van der Waals surface area contributed by atoms with Gasteiger partial charge in [-0.05, 0) is 40.3 Å². The van der Waals surface area contributed by atoms with Gasteiger partial charge in [-0.3, -0.25) is 9.59 Å². The second kappa shape index (κ2) is 7.26. The molecule has 2 bridgehead atoms. The average molecular weight is 464 g/mol. The number of amides is 2. The van der Waals surface area contributed by atoms with Gasteiger partial charge in [-0.15, -0.1) is 6.42 Å². The molecule has 3 aliphatic rings. The van der Waals surface area contributed by atoms with Crippen molar-refractivity contribution >= 4 is 45.6 Å². The number of halogens is 2. The Morgan fingerprint density at radius 3 is 2.57 bits per heavy atom. The van der Waals surface area contributed by atoms with E-state index >= 15 is 0 Å². The zero-order chi connectivity index (χ0) is 20.0. The molecule has 8 heteroatoms. The Bertz CT molecular complexity index is 938. The first-order valence-corrected chi connectivity index (χ1v) is 9.87. The molecule has 1 aliphatic heterocycles. The fourth-order valence-electron chi connectivity index (χ4n) is 4.22. The number of imide groups is 1. The molecule has 2 amide bonds. The second-order valence-corrected chi connectivity index (χ2v) is 8.02. The number of ether oxygens (including phenoxy) is 2. The maximum atomic E-state index is 12.7. The van der Waals surface area contributed by atoms with Crippen LogP contribution >= 0.6 is 27.5 Å². The van der Waals surface area contributed by atoms with Crippen molar-refractivity contribution in [1.29, 1.82) is 0 Å². The summed E-state index contributed by atoms with van der Waals surface area (Å²) in [6, 6.07) is 1.64. The third-order valence-electron chi connectivity index (χ3n) is 5.44. The molecule has 4 atom stereocenters. The molecular weight excluding hydrogens is 448 g/mol. The first-order chi connectivity index (χ1) is 13.5. The highest BCUT2D eigenvalue weighted by molar-refractivity contribution is 9.10.